The van der Waals surface area contributed by atoms with Crippen LogP contribution in [-0.2, 0) is 16.9 Å². The number of hydrogen-bond donors (Lipinski definition) is 1. The van der Waals surface area contributed by atoms with Crippen molar-refractivity contribution < 1.29 is 18.8 Å². The van der Waals surface area contributed by atoms with Crippen molar-refractivity contribution in [2.24, 2.45) is 0 Å². The number of fused-ring (bicyclic) bond motifs is 2. The maximum Gasteiger partial charge on any atom is 0.325 e. The quantitative estimate of drug-likeness (QED) is 0.699. The zero-order valence-corrected chi connectivity index (χ0v) is 14.9. The summed E-state index contributed by atoms with van der Waals surface area (Å²) in [6.07, 6.45) is 0.370. The number of para-hydroxylation sites is 1. The first-order chi connectivity index (χ1) is 13.2. The van der Waals surface area contributed by atoms with Gasteiger partial charge < -0.3 is 14.6 Å². The van der Waals surface area contributed by atoms with Gasteiger partial charge in [0.2, 0.25) is 11.7 Å². The summed E-state index contributed by atoms with van der Waals surface area (Å²) in [5, 5.41) is 10.6. The summed E-state index contributed by atoms with van der Waals surface area (Å²) in [7, 11) is 0. The Bertz CT molecular complexity index is 1030. The zero-order valence-electron chi connectivity index (χ0n) is 14.0. The first-order valence-electron chi connectivity index (χ1n) is 8.39. The minimum Gasteiger partial charge on any atom is -0.493 e. The van der Waals surface area contributed by atoms with E-state index in [0.717, 1.165) is 10.5 Å². The lowest BCUT2D eigenvalue weighted by atomic mass is 9.84. The van der Waals surface area contributed by atoms with E-state index in [1.54, 1.807) is 12.1 Å². The Morgan fingerprint density at radius 3 is 3.00 bits per heavy atom. The molecule has 0 bridgehead atoms. The van der Waals surface area contributed by atoms with E-state index in [-0.39, 0.29) is 18.3 Å². The third-order valence-electron chi connectivity index (χ3n) is 4.80. The Hall–Kier alpha value is -3.20. The minimum atomic E-state index is -1.11. The number of nitrogens with zero attached hydrogens (tertiary/aromatic N) is 3. The summed E-state index contributed by atoms with van der Waals surface area (Å²) in [6, 6.07) is 8.65. The van der Waals surface area contributed by atoms with Crippen molar-refractivity contribution in [1.82, 2.24) is 20.4 Å². The molecule has 2 aromatic heterocycles. The van der Waals surface area contributed by atoms with Crippen LogP contribution in [0.1, 0.15) is 17.9 Å². The zero-order chi connectivity index (χ0) is 18.4. The van der Waals surface area contributed by atoms with Crippen molar-refractivity contribution in [3.8, 4) is 17.1 Å². The Balaban J connectivity index is 1.44. The molecule has 9 heteroatoms. The highest BCUT2D eigenvalue weighted by atomic mass is 32.1. The van der Waals surface area contributed by atoms with Gasteiger partial charge in [0.05, 0.1) is 6.61 Å². The molecule has 136 valence electrons. The summed E-state index contributed by atoms with van der Waals surface area (Å²) < 4.78 is 10.9. The van der Waals surface area contributed by atoms with E-state index < -0.39 is 11.6 Å². The molecular formula is C18H14N4O4S. The summed E-state index contributed by atoms with van der Waals surface area (Å²) in [5.74, 6) is 0.914. The molecule has 27 heavy (non-hydrogen) atoms. The van der Waals surface area contributed by atoms with Gasteiger partial charge in [-0.1, -0.05) is 23.4 Å². The largest absolute Gasteiger partial charge is 0.493 e. The summed E-state index contributed by atoms with van der Waals surface area (Å²) in [6.45, 7) is 0.270. The normalized spacial score (nSPS) is 21.3. The van der Waals surface area contributed by atoms with E-state index in [0.29, 0.717) is 30.2 Å². The van der Waals surface area contributed by atoms with Gasteiger partial charge >= 0.3 is 6.03 Å². The second-order valence-electron chi connectivity index (χ2n) is 6.35. The lowest BCUT2D eigenvalue weighted by Crippen LogP contribution is -2.47. The number of benzene rings is 1. The lowest BCUT2D eigenvalue weighted by molar-refractivity contribution is -0.133. The first kappa shape index (κ1) is 16.0. The molecule has 4 heterocycles. The van der Waals surface area contributed by atoms with Gasteiger partial charge in [-0.3, -0.25) is 9.69 Å². The summed E-state index contributed by atoms with van der Waals surface area (Å²) >= 11 is 1.52. The molecule has 0 aliphatic carbocycles. The van der Waals surface area contributed by atoms with E-state index >= 15 is 0 Å². The van der Waals surface area contributed by atoms with Crippen LogP contribution in [0, 0.1) is 0 Å². The fourth-order valence-electron chi connectivity index (χ4n) is 3.48. The van der Waals surface area contributed by atoms with Crippen molar-refractivity contribution in [2.75, 3.05) is 6.61 Å². The van der Waals surface area contributed by atoms with Gasteiger partial charge in [0, 0.05) is 22.9 Å². The topological polar surface area (TPSA) is 97.6 Å². The number of amides is 3. The minimum absolute atomic E-state index is 0.0768. The van der Waals surface area contributed by atoms with Gasteiger partial charge in [-0.25, -0.2) is 4.79 Å². The summed E-state index contributed by atoms with van der Waals surface area (Å²) in [4.78, 5) is 31.2. The molecule has 0 saturated carbocycles. The Morgan fingerprint density at radius 2 is 2.15 bits per heavy atom. The molecule has 1 N–H and O–H groups in total. The van der Waals surface area contributed by atoms with Crippen LogP contribution >= 0.6 is 11.3 Å². The maximum absolute atomic E-state index is 13.2. The number of ether oxygens (including phenoxy) is 1. The Labute approximate surface area is 157 Å². The fourth-order valence-corrected chi connectivity index (χ4v) is 4.11. The van der Waals surface area contributed by atoms with Crippen LogP contribution in [0.3, 0.4) is 0 Å². The number of carbonyl (C=O) groups is 2. The van der Waals surface area contributed by atoms with Crippen molar-refractivity contribution in [3.63, 3.8) is 0 Å². The maximum atomic E-state index is 13.2. The average Bonchev–Trinajstić information content (AvgIpc) is 3.40. The third kappa shape index (κ3) is 2.42. The highest BCUT2D eigenvalue weighted by Gasteiger charge is 2.55. The molecule has 3 amide bonds. The highest BCUT2D eigenvalue weighted by Crippen LogP contribution is 2.41. The second kappa shape index (κ2) is 5.92. The number of imide groups is 1. The first-order valence-corrected chi connectivity index (χ1v) is 9.33. The smallest absolute Gasteiger partial charge is 0.325 e. The van der Waals surface area contributed by atoms with Gasteiger partial charge in [0.15, 0.2) is 5.54 Å². The summed E-state index contributed by atoms with van der Waals surface area (Å²) in [5.41, 5.74) is 0.394. The van der Waals surface area contributed by atoms with Crippen LogP contribution in [0.2, 0.25) is 0 Å². The van der Waals surface area contributed by atoms with Gasteiger partial charge in [-0.2, -0.15) is 16.3 Å². The van der Waals surface area contributed by atoms with Crippen molar-refractivity contribution in [1.29, 1.82) is 0 Å². The lowest BCUT2D eigenvalue weighted by Gasteiger charge is -2.33. The molecule has 8 nitrogen and oxygen atoms in total. The van der Waals surface area contributed by atoms with Crippen LogP contribution < -0.4 is 10.1 Å². The van der Waals surface area contributed by atoms with Gasteiger partial charge in [-0.05, 0) is 17.5 Å². The predicted octanol–water partition coefficient (Wildman–Crippen LogP) is 2.53. The molecule has 1 saturated heterocycles. The number of thiophene rings is 1. The van der Waals surface area contributed by atoms with Crippen LogP contribution in [0.15, 0.2) is 45.6 Å². The number of aromatic nitrogens is 2. The van der Waals surface area contributed by atoms with Crippen LogP contribution in [-0.4, -0.2) is 33.6 Å². The number of hydrogen-bond acceptors (Lipinski definition) is 7. The van der Waals surface area contributed by atoms with E-state index in [9.17, 15) is 9.59 Å². The molecule has 1 atom stereocenters. The van der Waals surface area contributed by atoms with Crippen LogP contribution in [0.5, 0.6) is 5.75 Å². The number of nitrogens with one attached hydrogen (secondary N) is 1. The SMILES string of the molecule is O=C1N[C@]2(CCOc3ccccc32)C(=O)N1Cc1nc(-c2ccsc2)no1. The Kier molecular flexibility index (Phi) is 3.51. The third-order valence-corrected chi connectivity index (χ3v) is 5.48. The van der Waals surface area contributed by atoms with Crippen molar-refractivity contribution in [2.45, 2.75) is 18.5 Å². The molecule has 1 aromatic carbocycles. The molecule has 0 unspecified atom stereocenters. The van der Waals surface area contributed by atoms with Crippen molar-refractivity contribution >= 4 is 23.3 Å². The number of urea groups is 1. The number of carbonyl (C=O) groups excluding carboxylic acids is 2. The molecule has 2 aliphatic heterocycles. The van der Waals surface area contributed by atoms with E-state index in [1.807, 2.05) is 29.0 Å². The standard InChI is InChI=1S/C18H14N4O4S/c23-16-18(6-7-25-13-4-2-1-3-12(13)18)20-17(24)22(16)9-14-19-15(21-26-14)11-5-8-27-10-11/h1-5,8,10H,6-7,9H2,(H,20,24)/t18-/m0/s1. The Morgan fingerprint density at radius 1 is 1.26 bits per heavy atom. The fraction of sp³-hybridized carbons (Fsp3) is 0.222. The van der Waals surface area contributed by atoms with Gasteiger partial charge in [-0.15, -0.1) is 0 Å². The molecular weight excluding hydrogens is 368 g/mol. The monoisotopic (exact) mass is 382 g/mol. The number of rotatable bonds is 3. The van der Waals surface area contributed by atoms with Gasteiger partial charge in [0.1, 0.15) is 12.3 Å². The molecule has 3 aromatic rings. The van der Waals surface area contributed by atoms with E-state index in [1.165, 1.54) is 11.3 Å². The van der Waals surface area contributed by atoms with Crippen LogP contribution in [0.25, 0.3) is 11.4 Å². The van der Waals surface area contributed by atoms with E-state index in [2.05, 4.69) is 15.5 Å². The van der Waals surface area contributed by atoms with Crippen molar-refractivity contribution in [3.05, 3.63) is 52.5 Å². The second-order valence-corrected chi connectivity index (χ2v) is 7.13. The highest BCUT2D eigenvalue weighted by molar-refractivity contribution is 7.08. The molecule has 1 fully saturated rings. The van der Waals surface area contributed by atoms with Gasteiger partial charge in [0.25, 0.3) is 5.91 Å². The van der Waals surface area contributed by atoms with E-state index in [4.69, 9.17) is 9.26 Å². The average molecular weight is 382 g/mol. The molecule has 2 aliphatic rings. The molecule has 5 rings (SSSR count). The van der Waals surface area contributed by atoms with Crippen LogP contribution in [0.4, 0.5) is 4.79 Å². The molecule has 1 spiro atoms. The predicted molar refractivity (Wildman–Crippen MR) is 94.9 cm³/mol. The molecule has 0 radical (unpaired) electrons.